The van der Waals surface area contributed by atoms with Gasteiger partial charge in [-0.3, -0.25) is 4.79 Å². The number of amides is 1. The number of aromatic amines is 1. The summed E-state index contributed by atoms with van der Waals surface area (Å²) >= 11 is 0. The third-order valence-electron chi connectivity index (χ3n) is 2.60. The second-order valence-electron chi connectivity index (χ2n) is 4.06. The number of carbonyl (C=O) groups excluding carboxylic acids is 2. The molecule has 0 saturated heterocycles. The summed E-state index contributed by atoms with van der Waals surface area (Å²) in [5.41, 5.74) is 1.93. The molecule has 0 atom stereocenters. The maximum atomic E-state index is 11.6. The molecule has 0 aliphatic heterocycles. The van der Waals surface area contributed by atoms with Gasteiger partial charge >= 0.3 is 5.97 Å². The molecule has 2 rings (SSSR count). The second kappa shape index (κ2) is 5.39. The highest BCUT2D eigenvalue weighted by Gasteiger charge is 2.11. The number of nitrogens with one attached hydrogen (secondary N) is 2. The highest BCUT2D eigenvalue weighted by atomic mass is 16.5. The Kier molecular flexibility index (Phi) is 3.66. The Morgan fingerprint density at radius 3 is 2.79 bits per heavy atom. The van der Waals surface area contributed by atoms with Crippen LogP contribution in [0.2, 0.25) is 0 Å². The van der Waals surface area contributed by atoms with E-state index in [-0.39, 0.29) is 11.6 Å². The van der Waals surface area contributed by atoms with Gasteiger partial charge < -0.3 is 15.0 Å². The van der Waals surface area contributed by atoms with Gasteiger partial charge in [0.05, 0.1) is 7.11 Å². The van der Waals surface area contributed by atoms with Crippen LogP contribution in [0.15, 0.2) is 36.2 Å². The molecule has 1 amide bonds. The zero-order chi connectivity index (χ0) is 13.8. The minimum absolute atomic E-state index is 0.116. The van der Waals surface area contributed by atoms with Gasteiger partial charge in [-0.2, -0.15) is 0 Å². The number of ether oxygens (including phenoxy) is 1. The van der Waals surface area contributed by atoms with E-state index in [0.29, 0.717) is 0 Å². The van der Waals surface area contributed by atoms with Crippen molar-refractivity contribution in [3.8, 4) is 0 Å². The van der Waals surface area contributed by atoms with Crippen LogP contribution in [0, 0.1) is 0 Å². The summed E-state index contributed by atoms with van der Waals surface area (Å²) in [4.78, 5) is 25.7. The summed E-state index contributed by atoms with van der Waals surface area (Å²) in [6.45, 7) is 1.34. The number of methoxy groups -OCH3 is 1. The zero-order valence-corrected chi connectivity index (χ0v) is 10.7. The minimum Gasteiger partial charge on any atom is -0.464 e. The second-order valence-corrected chi connectivity index (χ2v) is 4.06. The predicted molar refractivity (Wildman–Crippen MR) is 72.1 cm³/mol. The summed E-state index contributed by atoms with van der Waals surface area (Å²) in [6, 6.07) is 7.60. The molecule has 19 heavy (non-hydrogen) atoms. The fraction of sp³-hybridized carbons (Fsp3) is 0.143. The first-order valence-corrected chi connectivity index (χ1v) is 5.75. The van der Waals surface area contributed by atoms with Crippen LogP contribution >= 0.6 is 0 Å². The van der Waals surface area contributed by atoms with Crippen molar-refractivity contribution in [3.05, 3.63) is 41.7 Å². The summed E-state index contributed by atoms with van der Waals surface area (Å²) in [5.74, 6) is -0.899. The van der Waals surface area contributed by atoms with Crippen LogP contribution in [-0.4, -0.2) is 24.0 Å². The Labute approximate surface area is 110 Å². The molecule has 0 unspecified atom stereocenters. The lowest BCUT2D eigenvalue weighted by Gasteiger charge is -2.06. The quantitative estimate of drug-likeness (QED) is 0.651. The third-order valence-corrected chi connectivity index (χ3v) is 2.60. The monoisotopic (exact) mass is 258 g/mol. The molecule has 2 N–H and O–H groups in total. The fourth-order valence-electron chi connectivity index (χ4n) is 1.77. The van der Waals surface area contributed by atoms with Crippen LogP contribution in [0.3, 0.4) is 0 Å². The largest absolute Gasteiger partial charge is 0.464 e. The molecular formula is C14H14N2O3. The third kappa shape index (κ3) is 3.01. The van der Waals surface area contributed by atoms with E-state index >= 15 is 0 Å². The normalized spacial score (nSPS) is 11.4. The highest BCUT2D eigenvalue weighted by Crippen LogP contribution is 2.16. The Morgan fingerprint density at radius 2 is 2.11 bits per heavy atom. The van der Waals surface area contributed by atoms with Crippen molar-refractivity contribution in [3.63, 3.8) is 0 Å². The Bertz CT molecular complexity index is 656. The maximum absolute atomic E-state index is 11.6. The summed E-state index contributed by atoms with van der Waals surface area (Å²) < 4.78 is 4.63. The van der Waals surface area contributed by atoms with Gasteiger partial charge in [-0.15, -0.1) is 0 Å². The maximum Gasteiger partial charge on any atom is 0.354 e. The SMILES string of the molecule is COC(=O)/C(=C/c1ccc2[nH]ccc2c1)NC(C)=O. The number of fused-ring (bicyclic) bond motifs is 1. The fourth-order valence-corrected chi connectivity index (χ4v) is 1.77. The molecule has 0 saturated carbocycles. The van der Waals surface area contributed by atoms with E-state index in [1.165, 1.54) is 14.0 Å². The molecule has 0 fully saturated rings. The van der Waals surface area contributed by atoms with Crippen molar-refractivity contribution in [2.45, 2.75) is 6.92 Å². The highest BCUT2D eigenvalue weighted by molar-refractivity contribution is 5.98. The number of hydrogen-bond acceptors (Lipinski definition) is 3. The molecule has 5 nitrogen and oxygen atoms in total. The zero-order valence-electron chi connectivity index (χ0n) is 10.7. The molecule has 1 heterocycles. The van der Waals surface area contributed by atoms with E-state index in [2.05, 4.69) is 15.0 Å². The van der Waals surface area contributed by atoms with Crippen LogP contribution in [0.4, 0.5) is 0 Å². The van der Waals surface area contributed by atoms with Crippen molar-refractivity contribution in [1.82, 2.24) is 10.3 Å². The van der Waals surface area contributed by atoms with Crippen LogP contribution in [0.25, 0.3) is 17.0 Å². The van der Waals surface area contributed by atoms with Gasteiger partial charge in [0.1, 0.15) is 5.70 Å². The number of rotatable bonds is 3. The van der Waals surface area contributed by atoms with Crippen LogP contribution in [0.5, 0.6) is 0 Å². The van der Waals surface area contributed by atoms with Gasteiger partial charge in [0.2, 0.25) is 5.91 Å². The van der Waals surface area contributed by atoms with Gasteiger partial charge in [-0.1, -0.05) is 6.07 Å². The number of hydrogen-bond donors (Lipinski definition) is 2. The molecule has 1 aromatic heterocycles. The van der Waals surface area contributed by atoms with Crippen molar-refractivity contribution in [2.75, 3.05) is 7.11 Å². The van der Waals surface area contributed by atoms with Gasteiger partial charge in [-0.25, -0.2) is 4.79 Å². The Morgan fingerprint density at radius 1 is 1.32 bits per heavy atom. The summed E-state index contributed by atoms with van der Waals surface area (Å²) in [7, 11) is 1.27. The number of carbonyl (C=O) groups is 2. The number of benzene rings is 1. The van der Waals surface area contributed by atoms with E-state index in [1.54, 1.807) is 6.08 Å². The summed E-state index contributed by atoms with van der Waals surface area (Å²) in [6.07, 6.45) is 3.42. The average molecular weight is 258 g/mol. The first-order valence-electron chi connectivity index (χ1n) is 5.75. The summed E-state index contributed by atoms with van der Waals surface area (Å²) in [5, 5.41) is 3.49. The van der Waals surface area contributed by atoms with Crippen molar-refractivity contribution < 1.29 is 14.3 Å². The molecule has 5 heteroatoms. The number of H-pyrrole nitrogens is 1. The van der Waals surface area contributed by atoms with Gasteiger partial charge in [-0.05, 0) is 35.2 Å². The van der Waals surface area contributed by atoms with Gasteiger partial charge in [0.25, 0.3) is 0 Å². The van der Waals surface area contributed by atoms with Crippen molar-refractivity contribution in [2.24, 2.45) is 0 Å². The average Bonchev–Trinajstić information content (AvgIpc) is 2.84. The van der Waals surface area contributed by atoms with Gasteiger partial charge in [0, 0.05) is 18.6 Å². The predicted octanol–water partition coefficient (Wildman–Crippen LogP) is 1.82. The first-order chi connectivity index (χ1) is 9.10. The molecule has 1 aromatic carbocycles. The van der Waals surface area contributed by atoms with E-state index in [4.69, 9.17) is 0 Å². The van der Waals surface area contributed by atoms with E-state index in [9.17, 15) is 9.59 Å². The number of aromatic nitrogens is 1. The molecule has 0 bridgehead atoms. The first kappa shape index (κ1) is 12.9. The molecule has 0 aliphatic rings. The Balaban J connectivity index is 2.38. The van der Waals surface area contributed by atoms with E-state index < -0.39 is 5.97 Å². The molecule has 98 valence electrons. The van der Waals surface area contributed by atoms with E-state index in [0.717, 1.165) is 16.5 Å². The van der Waals surface area contributed by atoms with Crippen LogP contribution < -0.4 is 5.32 Å². The van der Waals surface area contributed by atoms with Crippen molar-refractivity contribution in [1.29, 1.82) is 0 Å². The van der Waals surface area contributed by atoms with Crippen LogP contribution in [0.1, 0.15) is 12.5 Å². The minimum atomic E-state index is -0.579. The molecular weight excluding hydrogens is 244 g/mol. The molecule has 0 spiro atoms. The van der Waals surface area contributed by atoms with Crippen molar-refractivity contribution >= 4 is 28.9 Å². The van der Waals surface area contributed by atoms with Gasteiger partial charge in [0.15, 0.2) is 0 Å². The smallest absolute Gasteiger partial charge is 0.354 e. The van der Waals surface area contributed by atoms with Crippen LogP contribution in [-0.2, 0) is 14.3 Å². The standard InChI is InChI=1S/C14H14N2O3/c1-9(17)16-13(14(18)19-2)8-10-3-4-12-11(7-10)5-6-15-12/h3-8,15H,1-2H3,(H,16,17)/b13-8-. The topological polar surface area (TPSA) is 71.2 Å². The lowest BCUT2D eigenvalue weighted by Crippen LogP contribution is -2.25. The molecule has 0 aliphatic carbocycles. The lowest BCUT2D eigenvalue weighted by atomic mass is 10.1. The molecule has 2 aromatic rings. The Hall–Kier alpha value is -2.56. The lowest BCUT2D eigenvalue weighted by molar-refractivity contribution is -0.137. The molecule has 0 radical (unpaired) electrons. The van der Waals surface area contributed by atoms with E-state index in [1.807, 2.05) is 30.5 Å². The number of esters is 1.